The van der Waals surface area contributed by atoms with E-state index in [1.165, 1.54) is 7.11 Å². The van der Waals surface area contributed by atoms with Gasteiger partial charge in [0.15, 0.2) is 20.3 Å². The average molecular weight is 214 g/mol. The number of quaternary nitrogens is 1. The van der Waals surface area contributed by atoms with Crippen molar-refractivity contribution in [1.82, 2.24) is 0 Å². The highest BCUT2D eigenvalue weighted by molar-refractivity contribution is 7.39. The summed E-state index contributed by atoms with van der Waals surface area (Å²) in [4.78, 5) is 11.5. The first-order chi connectivity index (χ1) is 5.37. The minimum Gasteiger partial charge on any atom is -0.757 e. The molecule has 0 heterocycles. The maximum absolute atomic E-state index is 11.5. The highest BCUT2D eigenvalue weighted by Gasteiger charge is 2.38. The van der Waals surface area contributed by atoms with Gasteiger partial charge in [0.2, 0.25) is 0 Å². The van der Waals surface area contributed by atoms with E-state index in [4.69, 9.17) is 16.3 Å². The summed E-state index contributed by atoms with van der Waals surface area (Å²) in [5.74, 6) is 0. The molecular weight excluding hydrogens is 197 g/mol. The highest BCUT2D eigenvalue weighted by atomic mass is 35.5. The Balaban J connectivity index is 4.61. The van der Waals surface area contributed by atoms with Crippen LogP contribution in [-0.2, 0) is 4.52 Å². The van der Waals surface area contributed by atoms with Gasteiger partial charge in [-0.15, -0.1) is 0 Å². The highest BCUT2D eigenvalue weighted by Crippen LogP contribution is 2.48. The van der Waals surface area contributed by atoms with Crippen LogP contribution in [0.1, 0.15) is 27.7 Å². The second-order valence-electron chi connectivity index (χ2n) is 3.26. The molecular formula is C7H17ClNO2P. The Labute approximate surface area is 81.0 Å². The zero-order valence-electron chi connectivity index (χ0n) is 8.24. The Morgan fingerprint density at radius 2 is 1.58 bits per heavy atom. The molecule has 5 heteroatoms. The zero-order chi connectivity index (χ0) is 9.94. The molecule has 0 aromatic heterocycles. The molecule has 0 spiro atoms. The zero-order valence-corrected chi connectivity index (χ0v) is 9.89. The lowest BCUT2D eigenvalue weighted by Crippen LogP contribution is -2.47. The van der Waals surface area contributed by atoms with E-state index in [1.807, 2.05) is 27.7 Å². The van der Waals surface area contributed by atoms with E-state index in [1.54, 1.807) is 0 Å². The van der Waals surface area contributed by atoms with Crippen molar-refractivity contribution in [1.29, 1.82) is 0 Å². The SMILES string of the molecule is COP([O-])[N+](Cl)(C(C)C)C(C)C. The van der Waals surface area contributed by atoms with Crippen LogP contribution in [0, 0.1) is 0 Å². The van der Waals surface area contributed by atoms with Crippen molar-refractivity contribution in [3.8, 4) is 0 Å². The van der Waals surface area contributed by atoms with Crippen LogP contribution < -0.4 is 4.89 Å². The standard InChI is InChI=1S/C7H17ClNO2P/c1-6(2)9(8,7(3)4)12(10)11-5/h6-7H,1-5H3. The molecule has 0 radical (unpaired) electrons. The van der Waals surface area contributed by atoms with Crippen LogP contribution in [0.5, 0.6) is 0 Å². The van der Waals surface area contributed by atoms with Gasteiger partial charge in [0.1, 0.15) is 12.1 Å². The molecule has 3 nitrogen and oxygen atoms in total. The van der Waals surface area contributed by atoms with Gasteiger partial charge in [-0.2, -0.15) is 3.77 Å². The van der Waals surface area contributed by atoms with Crippen LogP contribution in [0.15, 0.2) is 0 Å². The topological polar surface area (TPSA) is 32.3 Å². The van der Waals surface area contributed by atoms with E-state index in [-0.39, 0.29) is 15.9 Å². The maximum Gasteiger partial charge on any atom is 0.196 e. The van der Waals surface area contributed by atoms with Crippen molar-refractivity contribution >= 4 is 20.3 Å². The van der Waals surface area contributed by atoms with E-state index >= 15 is 0 Å². The molecule has 1 atom stereocenters. The average Bonchev–Trinajstić information content (AvgIpc) is 2.00. The van der Waals surface area contributed by atoms with Gasteiger partial charge in [0, 0.05) is 7.11 Å². The van der Waals surface area contributed by atoms with E-state index in [0.717, 1.165) is 0 Å². The molecule has 0 rings (SSSR count). The van der Waals surface area contributed by atoms with Gasteiger partial charge in [0.05, 0.1) is 0 Å². The summed E-state index contributed by atoms with van der Waals surface area (Å²) in [7, 11) is -0.434. The molecule has 12 heavy (non-hydrogen) atoms. The summed E-state index contributed by atoms with van der Waals surface area (Å²) in [5.41, 5.74) is 0. The minimum atomic E-state index is -1.85. The predicted octanol–water partition coefficient (Wildman–Crippen LogP) is 2.01. The Morgan fingerprint density at radius 1 is 1.25 bits per heavy atom. The second-order valence-corrected chi connectivity index (χ2v) is 5.56. The predicted molar refractivity (Wildman–Crippen MR) is 50.3 cm³/mol. The quantitative estimate of drug-likeness (QED) is 0.529. The van der Waals surface area contributed by atoms with E-state index in [0.29, 0.717) is 0 Å². The van der Waals surface area contributed by atoms with Crippen LogP contribution >= 0.6 is 20.3 Å². The van der Waals surface area contributed by atoms with Crippen LogP contribution in [0.2, 0.25) is 0 Å². The third kappa shape index (κ3) is 2.30. The Kier molecular flexibility index (Phi) is 4.97. The first kappa shape index (κ1) is 12.6. The number of hydrogen-bond donors (Lipinski definition) is 0. The molecule has 0 fully saturated rings. The van der Waals surface area contributed by atoms with Crippen LogP contribution in [0.25, 0.3) is 0 Å². The minimum absolute atomic E-state index is 0.0498. The maximum atomic E-state index is 11.5. The lowest BCUT2D eigenvalue weighted by Gasteiger charge is -2.43. The molecule has 0 amide bonds. The number of nitrogens with zero attached hydrogens (tertiary/aromatic N) is 1. The monoisotopic (exact) mass is 213 g/mol. The van der Waals surface area contributed by atoms with Gasteiger partial charge in [0.25, 0.3) is 0 Å². The van der Waals surface area contributed by atoms with Gasteiger partial charge in [-0.05, 0) is 27.7 Å². The fourth-order valence-corrected chi connectivity index (χ4v) is 2.29. The largest absolute Gasteiger partial charge is 0.757 e. The Morgan fingerprint density at radius 3 is 1.67 bits per heavy atom. The fourth-order valence-electron chi connectivity index (χ4n) is 1.10. The molecule has 0 aliphatic heterocycles. The summed E-state index contributed by atoms with van der Waals surface area (Å²) < 4.78 is 4.74. The van der Waals surface area contributed by atoms with Gasteiger partial charge in [-0.3, -0.25) is 0 Å². The smallest absolute Gasteiger partial charge is 0.196 e. The molecule has 0 aliphatic carbocycles. The van der Waals surface area contributed by atoms with Crippen molar-refractivity contribution in [3.05, 3.63) is 0 Å². The molecule has 0 N–H and O–H groups in total. The number of hydrogen-bond acceptors (Lipinski definition) is 2. The summed E-state index contributed by atoms with van der Waals surface area (Å²) in [6.45, 7) is 7.72. The van der Waals surface area contributed by atoms with Crippen LogP contribution in [-0.4, -0.2) is 23.0 Å². The summed E-state index contributed by atoms with van der Waals surface area (Å²) in [6, 6.07) is 0.158. The first-order valence-electron chi connectivity index (χ1n) is 3.97. The van der Waals surface area contributed by atoms with Crippen LogP contribution in [0.3, 0.4) is 0 Å². The Bertz CT molecular complexity index is 135. The van der Waals surface area contributed by atoms with Crippen molar-refractivity contribution in [3.63, 3.8) is 0 Å². The molecule has 74 valence electrons. The lowest BCUT2D eigenvalue weighted by atomic mass is 10.3. The number of rotatable bonds is 4. The van der Waals surface area contributed by atoms with E-state index in [9.17, 15) is 4.89 Å². The van der Waals surface area contributed by atoms with Crippen molar-refractivity contribution in [2.75, 3.05) is 7.11 Å². The molecule has 0 saturated carbocycles. The fraction of sp³-hybridized carbons (Fsp3) is 1.00. The van der Waals surface area contributed by atoms with E-state index < -0.39 is 8.53 Å². The van der Waals surface area contributed by atoms with Crippen molar-refractivity contribution < 1.29 is 13.2 Å². The molecule has 0 aromatic rings. The molecule has 0 aromatic carbocycles. The third-order valence-corrected chi connectivity index (χ3v) is 4.74. The van der Waals surface area contributed by atoms with Gasteiger partial charge in [-0.25, -0.2) is 0 Å². The van der Waals surface area contributed by atoms with Crippen LogP contribution in [0.4, 0.5) is 0 Å². The molecule has 0 bridgehead atoms. The summed E-state index contributed by atoms with van der Waals surface area (Å²) in [5, 5.41) is 0. The van der Waals surface area contributed by atoms with Gasteiger partial charge >= 0.3 is 0 Å². The first-order valence-corrected chi connectivity index (χ1v) is 5.44. The van der Waals surface area contributed by atoms with Crippen molar-refractivity contribution in [2.24, 2.45) is 0 Å². The normalized spacial score (nSPS) is 15.8. The third-order valence-electron chi connectivity index (χ3n) is 1.85. The van der Waals surface area contributed by atoms with E-state index in [2.05, 4.69) is 0 Å². The summed E-state index contributed by atoms with van der Waals surface area (Å²) >= 11 is 6.19. The van der Waals surface area contributed by atoms with Gasteiger partial charge < -0.3 is 9.42 Å². The van der Waals surface area contributed by atoms with Crippen molar-refractivity contribution in [2.45, 2.75) is 39.8 Å². The van der Waals surface area contributed by atoms with Gasteiger partial charge in [-0.1, -0.05) is 0 Å². The summed E-state index contributed by atoms with van der Waals surface area (Å²) in [6.07, 6.45) is 0. The molecule has 0 aliphatic rings. The molecule has 0 saturated heterocycles. The lowest BCUT2D eigenvalue weighted by molar-refractivity contribution is -0.759. The number of halogens is 1. The Hall–Kier alpha value is 0.600. The molecule has 1 unspecified atom stereocenters. The second kappa shape index (κ2) is 4.73.